The highest BCUT2D eigenvalue weighted by molar-refractivity contribution is 5.86. The zero-order valence-electron chi connectivity index (χ0n) is 10.4. The number of hydrogen-bond acceptors (Lipinski definition) is 3. The molecular weight excluding hydrogens is 218 g/mol. The van der Waals surface area contributed by atoms with Crippen LogP contribution in [0.3, 0.4) is 0 Å². The Hall–Kier alpha value is -1.29. The Morgan fingerprint density at radius 2 is 2.35 bits per heavy atom. The van der Waals surface area contributed by atoms with Gasteiger partial charge in [0.25, 0.3) is 0 Å². The van der Waals surface area contributed by atoms with Gasteiger partial charge in [-0.25, -0.2) is 4.79 Å². The van der Waals surface area contributed by atoms with E-state index in [-0.39, 0.29) is 5.76 Å². The summed E-state index contributed by atoms with van der Waals surface area (Å²) >= 11 is 0. The summed E-state index contributed by atoms with van der Waals surface area (Å²) < 4.78 is 4.99. The van der Waals surface area contributed by atoms with E-state index in [9.17, 15) is 4.79 Å². The van der Waals surface area contributed by atoms with Gasteiger partial charge >= 0.3 is 5.97 Å². The number of rotatable bonds is 3. The van der Waals surface area contributed by atoms with Gasteiger partial charge < -0.3 is 9.52 Å². The lowest BCUT2D eigenvalue weighted by molar-refractivity contribution is 0.0655. The summed E-state index contributed by atoms with van der Waals surface area (Å²) in [4.78, 5) is 13.2. The minimum absolute atomic E-state index is 0.0772. The summed E-state index contributed by atoms with van der Waals surface area (Å²) in [6.45, 7) is 7.23. The third kappa shape index (κ3) is 2.88. The largest absolute Gasteiger partial charge is 0.475 e. The number of carboxylic acid groups (broad SMARTS) is 1. The second kappa shape index (κ2) is 4.53. The molecule has 0 aliphatic carbocycles. The molecule has 2 rings (SSSR count). The van der Waals surface area contributed by atoms with Crippen molar-refractivity contribution >= 4 is 5.97 Å². The summed E-state index contributed by atoms with van der Waals surface area (Å²) in [5, 5.41) is 8.97. The van der Waals surface area contributed by atoms with E-state index in [0.717, 1.165) is 18.7 Å². The van der Waals surface area contributed by atoms with Gasteiger partial charge in [-0.1, -0.05) is 13.8 Å². The average molecular weight is 237 g/mol. The Bertz CT molecular complexity index is 409. The number of piperidine rings is 1. The molecule has 4 heteroatoms. The molecule has 2 heterocycles. The quantitative estimate of drug-likeness (QED) is 0.878. The number of likely N-dealkylation sites (tertiary alicyclic amines) is 1. The molecule has 0 saturated carbocycles. The third-order valence-electron chi connectivity index (χ3n) is 3.31. The predicted molar refractivity (Wildman–Crippen MR) is 64.0 cm³/mol. The van der Waals surface area contributed by atoms with Crippen molar-refractivity contribution in [2.24, 2.45) is 5.41 Å². The molecule has 94 valence electrons. The standard InChI is InChI=1S/C13H19NO3/c1-13(2)5-3-6-14(9-13)8-10-4-7-17-11(10)12(15)16/h4,7H,3,5-6,8-9H2,1-2H3,(H,15,16). The average Bonchev–Trinajstić information content (AvgIpc) is 2.64. The van der Waals surface area contributed by atoms with Crippen molar-refractivity contribution in [1.82, 2.24) is 4.90 Å². The lowest BCUT2D eigenvalue weighted by atomic mass is 9.84. The second-order valence-corrected chi connectivity index (χ2v) is 5.56. The minimum atomic E-state index is -0.985. The Kier molecular flexibility index (Phi) is 3.24. The van der Waals surface area contributed by atoms with Crippen LogP contribution in [-0.2, 0) is 6.54 Å². The van der Waals surface area contributed by atoms with Gasteiger partial charge in [-0.05, 0) is 30.9 Å². The summed E-state index contributed by atoms with van der Waals surface area (Å²) in [6.07, 6.45) is 3.86. The molecule has 0 bridgehead atoms. The molecule has 0 unspecified atom stereocenters. The number of nitrogens with zero attached hydrogens (tertiary/aromatic N) is 1. The Morgan fingerprint density at radius 1 is 1.59 bits per heavy atom. The third-order valence-corrected chi connectivity index (χ3v) is 3.31. The molecule has 1 aliphatic heterocycles. The molecule has 0 atom stereocenters. The van der Waals surface area contributed by atoms with Gasteiger partial charge in [-0.2, -0.15) is 0 Å². The first kappa shape index (κ1) is 12.2. The summed E-state index contributed by atoms with van der Waals surface area (Å²) in [7, 11) is 0. The van der Waals surface area contributed by atoms with Crippen molar-refractivity contribution in [1.29, 1.82) is 0 Å². The first-order chi connectivity index (χ1) is 7.98. The number of carboxylic acids is 1. The van der Waals surface area contributed by atoms with E-state index in [1.54, 1.807) is 6.07 Å². The fraction of sp³-hybridized carbons (Fsp3) is 0.615. The van der Waals surface area contributed by atoms with Crippen LogP contribution in [0.2, 0.25) is 0 Å². The zero-order chi connectivity index (χ0) is 12.5. The van der Waals surface area contributed by atoms with Crippen LogP contribution in [0.15, 0.2) is 16.7 Å². The fourth-order valence-corrected chi connectivity index (χ4v) is 2.57. The van der Waals surface area contributed by atoms with E-state index >= 15 is 0 Å². The van der Waals surface area contributed by atoms with E-state index in [4.69, 9.17) is 9.52 Å². The number of carbonyl (C=O) groups is 1. The normalized spacial score (nSPS) is 20.4. The van der Waals surface area contributed by atoms with Crippen molar-refractivity contribution in [3.8, 4) is 0 Å². The minimum Gasteiger partial charge on any atom is -0.475 e. The number of aromatic carboxylic acids is 1. The van der Waals surface area contributed by atoms with E-state index < -0.39 is 5.97 Å². The summed E-state index contributed by atoms with van der Waals surface area (Å²) in [5.41, 5.74) is 1.10. The fourth-order valence-electron chi connectivity index (χ4n) is 2.57. The van der Waals surface area contributed by atoms with Gasteiger partial charge in [-0.3, -0.25) is 4.90 Å². The van der Waals surface area contributed by atoms with Crippen LogP contribution in [0.4, 0.5) is 0 Å². The highest BCUT2D eigenvalue weighted by atomic mass is 16.4. The van der Waals surface area contributed by atoms with E-state index in [1.807, 2.05) is 0 Å². The van der Waals surface area contributed by atoms with E-state index in [0.29, 0.717) is 12.0 Å². The van der Waals surface area contributed by atoms with Gasteiger partial charge in [0.15, 0.2) is 0 Å². The van der Waals surface area contributed by atoms with Crippen molar-refractivity contribution in [2.45, 2.75) is 33.2 Å². The van der Waals surface area contributed by atoms with Crippen molar-refractivity contribution in [3.63, 3.8) is 0 Å². The Balaban J connectivity index is 2.05. The maximum atomic E-state index is 10.9. The molecule has 1 aromatic heterocycles. The molecule has 1 fully saturated rings. The SMILES string of the molecule is CC1(C)CCCN(Cc2ccoc2C(=O)O)C1. The molecule has 4 nitrogen and oxygen atoms in total. The van der Waals surface area contributed by atoms with E-state index in [1.165, 1.54) is 19.1 Å². The molecule has 0 spiro atoms. The van der Waals surface area contributed by atoms with Crippen LogP contribution >= 0.6 is 0 Å². The van der Waals surface area contributed by atoms with Gasteiger partial charge in [0, 0.05) is 18.7 Å². The Morgan fingerprint density at radius 3 is 3.00 bits per heavy atom. The topological polar surface area (TPSA) is 53.7 Å². The maximum absolute atomic E-state index is 10.9. The molecule has 0 aromatic carbocycles. The molecule has 0 radical (unpaired) electrons. The molecule has 17 heavy (non-hydrogen) atoms. The molecular formula is C13H19NO3. The van der Waals surface area contributed by atoms with E-state index in [2.05, 4.69) is 18.7 Å². The second-order valence-electron chi connectivity index (χ2n) is 5.56. The first-order valence-corrected chi connectivity index (χ1v) is 6.00. The van der Waals surface area contributed by atoms with Gasteiger partial charge in [0.1, 0.15) is 0 Å². The van der Waals surface area contributed by atoms with Crippen LogP contribution < -0.4 is 0 Å². The molecule has 1 saturated heterocycles. The Labute approximate surface area is 101 Å². The lowest BCUT2D eigenvalue weighted by Crippen LogP contribution is -2.39. The molecule has 0 amide bonds. The van der Waals surface area contributed by atoms with Crippen molar-refractivity contribution < 1.29 is 14.3 Å². The molecule has 1 aromatic rings. The van der Waals surface area contributed by atoms with Gasteiger partial charge in [0.05, 0.1) is 6.26 Å². The highest BCUT2D eigenvalue weighted by Gasteiger charge is 2.27. The predicted octanol–water partition coefficient (Wildman–Crippen LogP) is 2.60. The lowest BCUT2D eigenvalue weighted by Gasteiger charge is -2.37. The highest BCUT2D eigenvalue weighted by Crippen LogP contribution is 2.29. The number of hydrogen-bond donors (Lipinski definition) is 1. The summed E-state index contributed by atoms with van der Waals surface area (Å²) in [5.74, 6) is -0.908. The monoisotopic (exact) mass is 237 g/mol. The first-order valence-electron chi connectivity index (χ1n) is 6.00. The van der Waals surface area contributed by atoms with Crippen LogP contribution in [0.25, 0.3) is 0 Å². The maximum Gasteiger partial charge on any atom is 0.372 e. The molecule has 1 aliphatic rings. The molecule has 1 N–H and O–H groups in total. The van der Waals surface area contributed by atoms with Crippen LogP contribution in [-0.4, -0.2) is 29.1 Å². The number of furan rings is 1. The smallest absolute Gasteiger partial charge is 0.372 e. The van der Waals surface area contributed by atoms with Gasteiger partial charge in [-0.15, -0.1) is 0 Å². The zero-order valence-corrected chi connectivity index (χ0v) is 10.4. The van der Waals surface area contributed by atoms with Crippen LogP contribution in [0.1, 0.15) is 42.8 Å². The van der Waals surface area contributed by atoms with Crippen molar-refractivity contribution in [3.05, 3.63) is 23.7 Å². The summed E-state index contributed by atoms with van der Waals surface area (Å²) in [6, 6.07) is 1.76. The van der Waals surface area contributed by atoms with Crippen LogP contribution in [0.5, 0.6) is 0 Å². The van der Waals surface area contributed by atoms with Crippen LogP contribution in [0, 0.1) is 5.41 Å². The van der Waals surface area contributed by atoms with Gasteiger partial charge in [0.2, 0.25) is 5.76 Å². The van der Waals surface area contributed by atoms with Crippen molar-refractivity contribution in [2.75, 3.05) is 13.1 Å².